The lowest BCUT2D eigenvalue weighted by Gasteiger charge is -2.39. The zero-order valence-corrected chi connectivity index (χ0v) is 13.6. The highest BCUT2D eigenvalue weighted by Gasteiger charge is 2.38. The quantitative estimate of drug-likeness (QED) is 0.578. The van der Waals surface area contributed by atoms with E-state index in [0.717, 1.165) is 6.08 Å². The molecule has 0 radical (unpaired) electrons. The second-order valence-corrected chi connectivity index (χ2v) is 5.93. The number of esters is 1. The number of carbonyl (C=O) groups excluding carboxylic acids is 3. The van der Waals surface area contributed by atoms with Crippen molar-refractivity contribution in [3.05, 3.63) is 12.7 Å². The predicted molar refractivity (Wildman–Crippen MR) is 80.1 cm³/mol. The van der Waals surface area contributed by atoms with Gasteiger partial charge in [-0.3, -0.25) is 4.79 Å². The van der Waals surface area contributed by atoms with E-state index < -0.39 is 23.7 Å². The van der Waals surface area contributed by atoms with E-state index in [-0.39, 0.29) is 25.6 Å². The molecule has 1 aliphatic rings. The minimum atomic E-state index is -0.841. The average Bonchev–Trinajstić information content (AvgIpc) is 2.44. The molecule has 0 saturated carbocycles. The van der Waals surface area contributed by atoms with Crippen LogP contribution < -0.4 is 0 Å². The van der Waals surface area contributed by atoms with Crippen molar-refractivity contribution in [3.63, 3.8) is 0 Å². The number of amides is 2. The first-order valence-electron chi connectivity index (χ1n) is 7.27. The molecular formula is C15H24N2O5. The summed E-state index contributed by atoms with van der Waals surface area (Å²) in [5.74, 6) is -0.896. The van der Waals surface area contributed by atoms with Crippen LogP contribution in [-0.2, 0) is 19.1 Å². The molecule has 2 amide bonds. The molecule has 0 spiro atoms. The lowest BCUT2D eigenvalue weighted by atomic mass is 10.1. The van der Waals surface area contributed by atoms with E-state index in [1.807, 2.05) is 0 Å². The Morgan fingerprint density at radius 2 is 1.91 bits per heavy atom. The molecule has 0 bridgehead atoms. The van der Waals surface area contributed by atoms with Crippen LogP contribution in [0.4, 0.5) is 4.79 Å². The average molecular weight is 312 g/mol. The van der Waals surface area contributed by atoms with E-state index in [9.17, 15) is 14.4 Å². The van der Waals surface area contributed by atoms with Crippen LogP contribution in [0.5, 0.6) is 0 Å². The summed E-state index contributed by atoms with van der Waals surface area (Å²) >= 11 is 0. The van der Waals surface area contributed by atoms with Gasteiger partial charge in [-0.05, 0) is 33.8 Å². The molecule has 1 aliphatic heterocycles. The minimum absolute atomic E-state index is 0.0489. The zero-order valence-electron chi connectivity index (χ0n) is 13.6. The third-order valence-corrected chi connectivity index (χ3v) is 3.05. The van der Waals surface area contributed by atoms with Crippen LogP contribution in [0.15, 0.2) is 12.7 Å². The molecule has 1 heterocycles. The number of nitrogens with zero attached hydrogens (tertiary/aromatic N) is 2. The Morgan fingerprint density at radius 1 is 1.27 bits per heavy atom. The summed E-state index contributed by atoms with van der Waals surface area (Å²) in [4.78, 5) is 38.8. The van der Waals surface area contributed by atoms with Gasteiger partial charge in [-0.2, -0.15) is 0 Å². The van der Waals surface area contributed by atoms with E-state index >= 15 is 0 Å². The van der Waals surface area contributed by atoms with Gasteiger partial charge in [-0.15, -0.1) is 0 Å². The zero-order chi connectivity index (χ0) is 16.9. The van der Waals surface area contributed by atoms with E-state index in [0.29, 0.717) is 6.54 Å². The summed E-state index contributed by atoms with van der Waals surface area (Å²) < 4.78 is 10.3. The van der Waals surface area contributed by atoms with Gasteiger partial charge < -0.3 is 19.3 Å². The Kier molecular flexibility index (Phi) is 5.96. The summed E-state index contributed by atoms with van der Waals surface area (Å²) in [6.07, 6.45) is 0.641. The first kappa shape index (κ1) is 18.0. The van der Waals surface area contributed by atoms with Gasteiger partial charge in [0.1, 0.15) is 11.6 Å². The standard InChI is InChI=1S/C15H24N2O5/c1-6-12(18)17-9-8-16(14(20)22-15(3,4)5)10-11(17)13(19)21-7-2/h6,11H,1,7-10H2,2-5H3. The van der Waals surface area contributed by atoms with Crippen LogP contribution in [-0.4, -0.2) is 65.7 Å². The van der Waals surface area contributed by atoms with Gasteiger partial charge in [0, 0.05) is 13.1 Å². The third-order valence-electron chi connectivity index (χ3n) is 3.05. The maximum atomic E-state index is 12.1. The number of carbonyl (C=O) groups is 3. The molecule has 7 heteroatoms. The highest BCUT2D eigenvalue weighted by molar-refractivity contribution is 5.91. The van der Waals surface area contributed by atoms with Gasteiger partial charge in [0.25, 0.3) is 0 Å². The number of rotatable bonds is 3. The van der Waals surface area contributed by atoms with Crippen molar-refractivity contribution in [3.8, 4) is 0 Å². The monoisotopic (exact) mass is 312 g/mol. The molecule has 1 rings (SSSR count). The van der Waals surface area contributed by atoms with Crippen LogP contribution in [0.3, 0.4) is 0 Å². The normalized spacial score (nSPS) is 18.6. The van der Waals surface area contributed by atoms with E-state index in [1.165, 1.54) is 9.80 Å². The van der Waals surface area contributed by atoms with Crippen LogP contribution in [0, 0.1) is 0 Å². The summed E-state index contributed by atoms with van der Waals surface area (Å²) in [6.45, 7) is 11.2. The second-order valence-electron chi connectivity index (χ2n) is 5.93. The molecule has 0 N–H and O–H groups in total. The molecule has 1 saturated heterocycles. The van der Waals surface area contributed by atoms with E-state index in [4.69, 9.17) is 9.47 Å². The highest BCUT2D eigenvalue weighted by Crippen LogP contribution is 2.16. The molecule has 7 nitrogen and oxygen atoms in total. The van der Waals surface area contributed by atoms with Gasteiger partial charge in [0.2, 0.25) is 5.91 Å². The SMILES string of the molecule is C=CC(=O)N1CCN(C(=O)OC(C)(C)C)CC1C(=O)OCC. The summed E-state index contributed by atoms with van der Waals surface area (Å²) in [5.41, 5.74) is -0.620. The molecule has 1 fully saturated rings. The van der Waals surface area contributed by atoms with E-state index in [1.54, 1.807) is 27.7 Å². The highest BCUT2D eigenvalue weighted by atomic mass is 16.6. The van der Waals surface area contributed by atoms with Gasteiger partial charge in [-0.1, -0.05) is 6.58 Å². The molecule has 1 atom stereocenters. The molecule has 0 aromatic heterocycles. The predicted octanol–water partition coefficient (Wildman–Crippen LogP) is 1.18. The Balaban J connectivity index is 2.85. The largest absolute Gasteiger partial charge is 0.464 e. The number of ether oxygens (including phenoxy) is 2. The van der Waals surface area contributed by atoms with Crippen molar-refractivity contribution in [1.29, 1.82) is 0 Å². The first-order chi connectivity index (χ1) is 10.2. The molecular weight excluding hydrogens is 288 g/mol. The Morgan fingerprint density at radius 3 is 2.41 bits per heavy atom. The van der Waals surface area contributed by atoms with Crippen molar-refractivity contribution in [1.82, 2.24) is 9.80 Å². The topological polar surface area (TPSA) is 76.2 Å². The minimum Gasteiger partial charge on any atom is -0.464 e. The maximum absolute atomic E-state index is 12.1. The Labute approximate surface area is 130 Å². The number of hydrogen-bond acceptors (Lipinski definition) is 5. The van der Waals surface area contributed by atoms with Crippen LogP contribution >= 0.6 is 0 Å². The van der Waals surface area contributed by atoms with Gasteiger partial charge in [-0.25, -0.2) is 9.59 Å². The van der Waals surface area contributed by atoms with Crippen molar-refractivity contribution in [2.45, 2.75) is 39.3 Å². The fraction of sp³-hybridized carbons (Fsp3) is 0.667. The van der Waals surface area contributed by atoms with Crippen molar-refractivity contribution in [2.24, 2.45) is 0 Å². The summed E-state index contributed by atoms with van der Waals surface area (Å²) in [7, 11) is 0. The van der Waals surface area contributed by atoms with Gasteiger partial charge in [0.15, 0.2) is 0 Å². The van der Waals surface area contributed by atoms with E-state index in [2.05, 4.69) is 6.58 Å². The Hall–Kier alpha value is -2.05. The molecule has 1 unspecified atom stereocenters. The van der Waals surface area contributed by atoms with Crippen LogP contribution in [0.2, 0.25) is 0 Å². The smallest absolute Gasteiger partial charge is 0.410 e. The fourth-order valence-electron chi connectivity index (χ4n) is 2.10. The van der Waals surface area contributed by atoms with Gasteiger partial charge >= 0.3 is 12.1 Å². The molecule has 0 aromatic rings. The number of hydrogen-bond donors (Lipinski definition) is 0. The fourth-order valence-corrected chi connectivity index (χ4v) is 2.10. The second kappa shape index (κ2) is 7.29. The van der Waals surface area contributed by atoms with Crippen molar-refractivity contribution >= 4 is 18.0 Å². The van der Waals surface area contributed by atoms with Crippen LogP contribution in [0.1, 0.15) is 27.7 Å². The van der Waals surface area contributed by atoms with Crippen molar-refractivity contribution in [2.75, 3.05) is 26.2 Å². The summed E-state index contributed by atoms with van der Waals surface area (Å²) in [6, 6.07) is -0.841. The Bertz CT molecular complexity index is 455. The number of piperazine rings is 1. The first-order valence-corrected chi connectivity index (χ1v) is 7.27. The molecule has 22 heavy (non-hydrogen) atoms. The lowest BCUT2D eigenvalue weighted by molar-refractivity contribution is -0.156. The third kappa shape index (κ3) is 4.75. The maximum Gasteiger partial charge on any atom is 0.410 e. The molecule has 0 aromatic carbocycles. The molecule has 0 aliphatic carbocycles. The van der Waals surface area contributed by atoms with Crippen LogP contribution in [0.25, 0.3) is 0 Å². The van der Waals surface area contributed by atoms with Gasteiger partial charge in [0.05, 0.1) is 13.2 Å². The molecule has 124 valence electrons. The summed E-state index contributed by atoms with van der Waals surface area (Å²) in [5, 5.41) is 0. The lowest BCUT2D eigenvalue weighted by Crippen LogP contribution is -2.59. The van der Waals surface area contributed by atoms with Crippen molar-refractivity contribution < 1.29 is 23.9 Å².